The van der Waals surface area contributed by atoms with Crippen LogP contribution in [0, 0.1) is 5.92 Å². The van der Waals surface area contributed by atoms with E-state index in [4.69, 9.17) is 27.9 Å². The highest BCUT2D eigenvalue weighted by molar-refractivity contribution is 6.42. The second-order valence-electron chi connectivity index (χ2n) is 7.32. The molecule has 2 aliphatic rings. The molecule has 1 saturated carbocycles. The van der Waals surface area contributed by atoms with Gasteiger partial charge in [0.15, 0.2) is 0 Å². The van der Waals surface area contributed by atoms with Crippen molar-refractivity contribution in [2.75, 3.05) is 37.6 Å². The summed E-state index contributed by atoms with van der Waals surface area (Å²) in [5.41, 5.74) is 0.954. The van der Waals surface area contributed by atoms with E-state index in [9.17, 15) is 0 Å². The number of halogens is 2. The molecule has 5 nitrogen and oxygen atoms in total. The topological polar surface area (TPSA) is 41.5 Å². The summed E-state index contributed by atoms with van der Waals surface area (Å²) in [6.07, 6.45) is 5.72. The van der Waals surface area contributed by atoms with E-state index in [1.165, 1.54) is 25.9 Å². The van der Waals surface area contributed by atoms with Crippen LogP contribution in [0.3, 0.4) is 0 Å². The lowest BCUT2D eigenvalue weighted by Crippen LogP contribution is -2.32. The number of rotatable bonds is 6. The molecule has 0 unspecified atom stereocenters. The molecule has 0 spiro atoms. The average molecular weight is 407 g/mol. The summed E-state index contributed by atoms with van der Waals surface area (Å²) < 4.78 is 5.84. The van der Waals surface area contributed by atoms with Gasteiger partial charge in [0.05, 0.1) is 10.0 Å². The van der Waals surface area contributed by atoms with Crippen LogP contribution < -0.4 is 9.64 Å². The van der Waals surface area contributed by atoms with Crippen molar-refractivity contribution in [2.24, 2.45) is 5.92 Å². The third kappa shape index (κ3) is 5.24. The molecule has 144 valence electrons. The SMILES string of the molecule is Clc1ccc(COc2ccnc(N3CCCN(CC4CC4)CC3)n2)cc1Cl. The van der Waals surface area contributed by atoms with Crippen molar-refractivity contribution in [1.29, 1.82) is 0 Å². The van der Waals surface area contributed by atoms with E-state index in [-0.39, 0.29) is 0 Å². The van der Waals surface area contributed by atoms with Crippen molar-refractivity contribution in [2.45, 2.75) is 25.9 Å². The predicted molar refractivity (Wildman–Crippen MR) is 109 cm³/mol. The van der Waals surface area contributed by atoms with Crippen LogP contribution in [0.1, 0.15) is 24.8 Å². The Morgan fingerprint density at radius 1 is 1.04 bits per heavy atom. The number of ether oxygens (including phenoxy) is 1. The molecule has 0 N–H and O–H groups in total. The zero-order valence-corrected chi connectivity index (χ0v) is 16.8. The monoisotopic (exact) mass is 406 g/mol. The van der Waals surface area contributed by atoms with Gasteiger partial charge >= 0.3 is 0 Å². The van der Waals surface area contributed by atoms with E-state index in [0.717, 1.165) is 43.5 Å². The van der Waals surface area contributed by atoms with Crippen LogP contribution in [-0.4, -0.2) is 47.6 Å². The summed E-state index contributed by atoms with van der Waals surface area (Å²) in [6, 6.07) is 7.28. The van der Waals surface area contributed by atoms with Gasteiger partial charge in [-0.05, 0) is 49.4 Å². The van der Waals surface area contributed by atoms with E-state index < -0.39 is 0 Å². The Bertz CT molecular complexity index is 784. The molecule has 2 fully saturated rings. The molecule has 4 rings (SSSR count). The predicted octanol–water partition coefficient (Wildman–Crippen LogP) is 4.28. The molecule has 2 heterocycles. The van der Waals surface area contributed by atoms with Crippen LogP contribution in [0.15, 0.2) is 30.5 Å². The zero-order valence-electron chi connectivity index (χ0n) is 15.3. The largest absolute Gasteiger partial charge is 0.473 e. The molecule has 1 aliphatic carbocycles. The maximum absolute atomic E-state index is 6.06. The van der Waals surface area contributed by atoms with Gasteiger partial charge in [-0.15, -0.1) is 0 Å². The van der Waals surface area contributed by atoms with Gasteiger partial charge in [-0.1, -0.05) is 29.3 Å². The van der Waals surface area contributed by atoms with Gasteiger partial charge < -0.3 is 14.5 Å². The van der Waals surface area contributed by atoms with Crippen molar-refractivity contribution < 1.29 is 4.74 Å². The minimum Gasteiger partial charge on any atom is -0.473 e. The molecule has 27 heavy (non-hydrogen) atoms. The van der Waals surface area contributed by atoms with Crippen molar-refractivity contribution in [3.63, 3.8) is 0 Å². The van der Waals surface area contributed by atoms with Gasteiger partial charge in [0.25, 0.3) is 0 Å². The molecular formula is C20H24Cl2N4O. The Balaban J connectivity index is 1.35. The fraction of sp³-hybridized carbons (Fsp3) is 0.500. The first kappa shape index (κ1) is 18.8. The molecule has 1 aromatic heterocycles. The highest BCUT2D eigenvalue weighted by Gasteiger charge is 2.25. The number of hydrogen-bond donors (Lipinski definition) is 0. The molecule has 7 heteroatoms. The third-order valence-corrected chi connectivity index (χ3v) is 5.81. The van der Waals surface area contributed by atoms with Crippen molar-refractivity contribution in [3.8, 4) is 5.88 Å². The van der Waals surface area contributed by atoms with Gasteiger partial charge in [-0.2, -0.15) is 4.98 Å². The number of benzene rings is 1. The van der Waals surface area contributed by atoms with Gasteiger partial charge in [0, 0.05) is 38.4 Å². The zero-order chi connectivity index (χ0) is 18.6. The molecule has 0 bridgehead atoms. The summed E-state index contributed by atoms with van der Waals surface area (Å²) in [5.74, 6) is 2.26. The average Bonchev–Trinajstić information content (AvgIpc) is 3.51. The summed E-state index contributed by atoms with van der Waals surface area (Å²) in [4.78, 5) is 13.9. The molecule has 0 amide bonds. The Morgan fingerprint density at radius 3 is 2.74 bits per heavy atom. The molecule has 1 aliphatic heterocycles. The van der Waals surface area contributed by atoms with E-state index in [0.29, 0.717) is 22.5 Å². The first-order valence-electron chi connectivity index (χ1n) is 9.54. The number of nitrogens with zero attached hydrogens (tertiary/aromatic N) is 4. The maximum Gasteiger partial charge on any atom is 0.228 e. The van der Waals surface area contributed by atoms with Crippen molar-refractivity contribution in [1.82, 2.24) is 14.9 Å². The summed E-state index contributed by atoms with van der Waals surface area (Å²) >= 11 is 12.0. The number of aromatic nitrogens is 2. The number of anilines is 1. The Hall–Kier alpha value is -1.56. The van der Waals surface area contributed by atoms with E-state index >= 15 is 0 Å². The maximum atomic E-state index is 6.06. The highest BCUT2D eigenvalue weighted by Crippen LogP contribution is 2.30. The summed E-state index contributed by atoms with van der Waals surface area (Å²) in [5, 5.41) is 1.07. The summed E-state index contributed by atoms with van der Waals surface area (Å²) in [6.45, 7) is 5.83. The van der Waals surface area contributed by atoms with Crippen LogP contribution in [0.5, 0.6) is 5.88 Å². The van der Waals surface area contributed by atoms with Crippen LogP contribution in [0.4, 0.5) is 5.95 Å². The second-order valence-corrected chi connectivity index (χ2v) is 8.13. The quantitative estimate of drug-likeness (QED) is 0.715. The fourth-order valence-corrected chi connectivity index (χ4v) is 3.69. The number of hydrogen-bond acceptors (Lipinski definition) is 5. The second kappa shape index (κ2) is 8.63. The van der Waals surface area contributed by atoms with Gasteiger partial charge in [0.2, 0.25) is 11.8 Å². The Labute approximate surface area is 170 Å². The van der Waals surface area contributed by atoms with Crippen LogP contribution in [-0.2, 0) is 6.61 Å². The normalized spacial score (nSPS) is 18.4. The van der Waals surface area contributed by atoms with Crippen molar-refractivity contribution >= 4 is 29.2 Å². The standard InChI is InChI=1S/C20H24Cl2N4O/c21-17-5-4-16(12-18(17)22)14-27-19-6-7-23-20(24-19)26-9-1-8-25(10-11-26)13-15-2-3-15/h4-7,12,15H,1-3,8-11,13-14H2. The van der Waals surface area contributed by atoms with E-state index in [1.54, 1.807) is 18.3 Å². The first-order valence-corrected chi connectivity index (χ1v) is 10.3. The summed E-state index contributed by atoms with van der Waals surface area (Å²) in [7, 11) is 0. The van der Waals surface area contributed by atoms with Crippen LogP contribution >= 0.6 is 23.2 Å². The molecule has 0 radical (unpaired) electrons. The van der Waals surface area contributed by atoms with E-state index in [1.807, 2.05) is 12.1 Å². The Morgan fingerprint density at radius 2 is 1.93 bits per heavy atom. The first-order chi connectivity index (χ1) is 13.2. The smallest absolute Gasteiger partial charge is 0.228 e. The molecular weight excluding hydrogens is 383 g/mol. The van der Waals surface area contributed by atoms with Crippen molar-refractivity contribution in [3.05, 3.63) is 46.1 Å². The van der Waals surface area contributed by atoms with Gasteiger partial charge in [0.1, 0.15) is 6.61 Å². The van der Waals surface area contributed by atoms with Crippen LogP contribution in [0.25, 0.3) is 0 Å². The lowest BCUT2D eigenvalue weighted by Gasteiger charge is -2.22. The minimum atomic E-state index is 0.391. The van der Waals surface area contributed by atoms with E-state index in [2.05, 4.69) is 19.8 Å². The minimum absolute atomic E-state index is 0.391. The lowest BCUT2D eigenvalue weighted by atomic mass is 10.2. The molecule has 0 atom stereocenters. The lowest BCUT2D eigenvalue weighted by molar-refractivity contribution is 0.281. The molecule has 2 aromatic rings. The molecule has 1 saturated heterocycles. The van der Waals surface area contributed by atoms with Crippen LogP contribution in [0.2, 0.25) is 10.0 Å². The Kier molecular flexibility index (Phi) is 6.01. The molecule has 1 aromatic carbocycles. The third-order valence-electron chi connectivity index (χ3n) is 5.07. The van der Waals surface area contributed by atoms with Gasteiger partial charge in [-0.25, -0.2) is 4.98 Å². The highest BCUT2D eigenvalue weighted by atomic mass is 35.5. The fourth-order valence-electron chi connectivity index (χ4n) is 3.37. The van der Waals surface area contributed by atoms with Gasteiger partial charge in [-0.3, -0.25) is 0 Å².